The molecular formula is C16H15BrN2O. The highest BCUT2D eigenvalue weighted by Crippen LogP contribution is 2.19. The summed E-state index contributed by atoms with van der Waals surface area (Å²) in [5.74, 6) is -0.136. The van der Waals surface area contributed by atoms with E-state index in [1.165, 1.54) is 11.6 Å². The van der Waals surface area contributed by atoms with Crippen molar-refractivity contribution in [3.63, 3.8) is 0 Å². The molecule has 0 aliphatic heterocycles. The Kier molecular flexibility index (Phi) is 5.07. The molecule has 0 fully saturated rings. The van der Waals surface area contributed by atoms with E-state index >= 15 is 0 Å². The van der Waals surface area contributed by atoms with Gasteiger partial charge in [-0.2, -0.15) is 0 Å². The number of benzene rings is 1. The summed E-state index contributed by atoms with van der Waals surface area (Å²) >= 11 is 3.48. The zero-order valence-corrected chi connectivity index (χ0v) is 12.7. The molecule has 0 aliphatic rings. The highest BCUT2D eigenvalue weighted by Gasteiger charge is 1.99. The van der Waals surface area contributed by atoms with E-state index in [1.54, 1.807) is 12.3 Å². The number of nitrogens with one attached hydrogen (secondary N) is 1. The minimum Gasteiger partial charge on any atom is -0.347 e. The molecule has 0 spiro atoms. The van der Waals surface area contributed by atoms with Crippen molar-refractivity contribution in [1.29, 1.82) is 0 Å². The van der Waals surface area contributed by atoms with Gasteiger partial charge in [0.25, 0.3) is 0 Å². The van der Waals surface area contributed by atoms with E-state index in [1.807, 2.05) is 43.3 Å². The summed E-state index contributed by atoms with van der Waals surface area (Å²) in [7, 11) is 0. The Hall–Kier alpha value is -1.94. The summed E-state index contributed by atoms with van der Waals surface area (Å²) in [4.78, 5) is 15.9. The van der Waals surface area contributed by atoms with Gasteiger partial charge in [-0.15, -0.1) is 0 Å². The number of hydrogen-bond donors (Lipinski definition) is 1. The molecule has 2 aromatic rings. The lowest BCUT2D eigenvalue weighted by Gasteiger charge is -2.02. The smallest absolute Gasteiger partial charge is 0.244 e. The van der Waals surface area contributed by atoms with Gasteiger partial charge >= 0.3 is 0 Å². The zero-order chi connectivity index (χ0) is 14.4. The van der Waals surface area contributed by atoms with Gasteiger partial charge in [0.05, 0.1) is 12.2 Å². The number of carbonyl (C=O) groups is 1. The lowest BCUT2D eigenvalue weighted by molar-refractivity contribution is -0.116. The number of aromatic nitrogens is 1. The Balaban J connectivity index is 1.92. The van der Waals surface area contributed by atoms with Crippen LogP contribution in [-0.4, -0.2) is 10.9 Å². The first-order valence-corrected chi connectivity index (χ1v) is 7.06. The molecule has 1 N–H and O–H groups in total. The normalized spacial score (nSPS) is 10.7. The molecule has 1 heterocycles. The van der Waals surface area contributed by atoms with Crippen molar-refractivity contribution < 1.29 is 4.79 Å². The predicted molar refractivity (Wildman–Crippen MR) is 84.0 cm³/mol. The van der Waals surface area contributed by atoms with Gasteiger partial charge in [0.15, 0.2) is 0 Å². The Labute approximate surface area is 126 Å². The van der Waals surface area contributed by atoms with Gasteiger partial charge < -0.3 is 5.32 Å². The lowest BCUT2D eigenvalue weighted by atomic mass is 10.1. The van der Waals surface area contributed by atoms with Crippen LogP contribution in [0.3, 0.4) is 0 Å². The summed E-state index contributed by atoms with van der Waals surface area (Å²) in [6.45, 7) is 2.46. The Morgan fingerprint density at radius 2 is 2.20 bits per heavy atom. The summed E-state index contributed by atoms with van der Waals surface area (Å²) in [5, 5.41) is 2.80. The van der Waals surface area contributed by atoms with E-state index in [0.29, 0.717) is 6.54 Å². The van der Waals surface area contributed by atoms with Crippen molar-refractivity contribution in [3.8, 4) is 0 Å². The second-order valence-corrected chi connectivity index (χ2v) is 5.25. The van der Waals surface area contributed by atoms with Crippen molar-refractivity contribution in [1.82, 2.24) is 10.3 Å². The van der Waals surface area contributed by atoms with Crippen LogP contribution in [0.1, 0.15) is 16.8 Å². The first-order valence-electron chi connectivity index (χ1n) is 6.27. The number of halogens is 1. The van der Waals surface area contributed by atoms with Crippen molar-refractivity contribution >= 4 is 27.9 Å². The molecule has 0 saturated heterocycles. The topological polar surface area (TPSA) is 42.0 Å². The molecule has 0 atom stereocenters. The summed E-state index contributed by atoms with van der Waals surface area (Å²) in [5.41, 5.74) is 2.99. The van der Waals surface area contributed by atoms with Gasteiger partial charge in [0, 0.05) is 16.7 Å². The molecule has 20 heavy (non-hydrogen) atoms. The maximum absolute atomic E-state index is 11.7. The van der Waals surface area contributed by atoms with E-state index in [0.717, 1.165) is 15.7 Å². The average Bonchev–Trinajstić information content (AvgIpc) is 2.45. The van der Waals surface area contributed by atoms with Crippen LogP contribution in [0.25, 0.3) is 6.08 Å². The van der Waals surface area contributed by atoms with Crippen LogP contribution >= 0.6 is 15.9 Å². The number of carbonyl (C=O) groups excluding carboxylic acids is 1. The van der Waals surface area contributed by atoms with Gasteiger partial charge in [-0.25, -0.2) is 0 Å². The van der Waals surface area contributed by atoms with Gasteiger partial charge in [0.2, 0.25) is 5.91 Å². The van der Waals surface area contributed by atoms with Gasteiger partial charge in [-0.05, 0) is 42.3 Å². The minimum atomic E-state index is -0.136. The molecule has 1 aromatic heterocycles. The molecular weight excluding hydrogens is 316 g/mol. The number of aryl methyl sites for hydroxylation is 1. The third-order valence-corrected chi connectivity index (χ3v) is 3.43. The second kappa shape index (κ2) is 7.01. The van der Waals surface area contributed by atoms with Crippen LogP contribution in [0.15, 0.2) is 53.1 Å². The van der Waals surface area contributed by atoms with Crippen molar-refractivity contribution in [2.24, 2.45) is 0 Å². The third kappa shape index (κ3) is 4.31. The average molecular weight is 331 g/mol. The molecule has 0 saturated carbocycles. The fraction of sp³-hybridized carbons (Fsp3) is 0.125. The van der Waals surface area contributed by atoms with Crippen LogP contribution in [0.5, 0.6) is 0 Å². The van der Waals surface area contributed by atoms with E-state index in [-0.39, 0.29) is 5.91 Å². The lowest BCUT2D eigenvalue weighted by Crippen LogP contribution is -2.20. The number of rotatable bonds is 4. The third-order valence-electron chi connectivity index (χ3n) is 2.74. The standard InChI is InChI=1S/C16H15BrN2O/c1-12-5-6-13(15(17)10-12)7-8-16(20)19-11-14-4-2-3-9-18-14/h2-10H,11H2,1H3,(H,19,20)/b8-7+. The van der Waals surface area contributed by atoms with Crippen LogP contribution in [-0.2, 0) is 11.3 Å². The summed E-state index contributed by atoms with van der Waals surface area (Å²) in [6.07, 6.45) is 5.02. The van der Waals surface area contributed by atoms with Crippen molar-refractivity contribution in [2.45, 2.75) is 13.5 Å². The monoisotopic (exact) mass is 330 g/mol. The molecule has 3 nitrogen and oxygen atoms in total. The summed E-state index contributed by atoms with van der Waals surface area (Å²) in [6, 6.07) is 11.6. The Morgan fingerprint density at radius 3 is 2.90 bits per heavy atom. The zero-order valence-electron chi connectivity index (χ0n) is 11.1. The SMILES string of the molecule is Cc1ccc(/C=C/C(=O)NCc2ccccn2)c(Br)c1. The second-order valence-electron chi connectivity index (χ2n) is 4.40. The molecule has 1 aromatic carbocycles. The van der Waals surface area contributed by atoms with Gasteiger partial charge in [0.1, 0.15) is 0 Å². The summed E-state index contributed by atoms with van der Waals surface area (Å²) < 4.78 is 0.978. The fourth-order valence-corrected chi connectivity index (χ4v) is 2.30. The molecule has 102 valence electrons. The van der Waals surface area contributed by atoms with E-state index < -0.39 is 0 Å². The first kappa shape index (κ1) is 14.5. The van der Waals surface area contributed by atoms with Gasteiger partial charge in [-0.1, -0.05) is 34.1 Å². The van der Waals surface area contributed by atoms with E-state index in [2.05, 4.69) is 26.2 Å². The van der Waals surface area contributed by atoms with Crippen molar-refractivity contribution in [2.75, 3.05) is 0 Å². The molecule has 0 radical (unpaired) electrons. The van der Waals surface area contributed by atoms with Crippen LogP contribution in [0.2, 0.25) is 0 Å². The number of hydrogen-bond acceptors (Lipinski definition) is 2. The molecule has 0 aliphatic carbocycles. The molecule has 0 unspecified atom stereocenters. The number of pyridine rings is 1. The molecule has 2 rings (SSSR count). The van der Waals surface area contributed by atoms with E-state index in [9.17, 15) is 4.79 Å². The highest BCUT2D eigenvalue weighted by atomic mass is 79.9. The van der Waals surface area contributed by atoms with Crippen LogP contribution in [0, 0.1) is 6.92 Å². The quantitative estimate of drug-likeness (QED) is 0.872. The van der Waals surface area contributed by atoms with Gasteiger partial charge in [-0.3, -0.25) is 9.78 Å². The fourth-order valence-electron chi connectivity index (χ4n) is 1.67. The minimum absolute atomic E-state index is 0.136. The largest absolute Gasteiger partial charge is 0.347 e. The Bertz CT molecular complexity index is 624. The maximum atomic E-state index is 11.7. The molecule has 1 amide bonds. The Morgan fingerprint density at radius 1 is 1.35 bits per heavy atom. The first-order chi connectivity index (χ1) is 9.65. The van der Waals surface area contributed by atoms with Crippen molar-refractivity contribution in [3.05, 3.63) is 70.0 Å². The molecule has 4 heteroatoms. The highest BCUT2D eigenvalue weighted by molar-refractivity contribution is 9.10. The van der Waals surface area contributed by atoms with Crippen LogP contribution < -0.4 is 5.32 Å². The maximum Gasteiger partial charge on any atom is 0.244 e. The molecule has 0 bridgehead atoms. The predicted octanol–water partition coefficient (Wildman–Crippen LogP) is 3.48. The number of nitrogens with zero attached hydrogens (tertiary/aromatic N) is 1. The van der Waals surface area contributed by atoms with Crippen LogP contribution in [0.4, 0.5) is 0 Å². The number of amides is 1. The van der Waals surface area contributed by atoms with E-state index in [4.69, 9.17) is 0 Å².